The number of amides is 3. The molecular formula is C20H25N5O3S. The maximum absolute atomic E-state index is 12.2. The zero-order valence-electron chi connectivity index (χ0n) is 16.4. The molecule has 1 aromatic heterocycles. The van der Waals surface area contributed by atoms with Crippen molar-refractivity contribution in [3.05, 3.63) is 36.9 Å². The third-order valence-corrected chi connectivity index (χ3v) is 5.62. The number of rotatable bonds is 8. The van der Waals surface area contributed by atoms with Crippen LogP contribution in [-0.4, -0.2) is 45.6 Å². The van der Waals surface area contributed by atoms with Crippen molar-refractivity contribution in [2.24, 2.45) is 0 Å². The largest absolute Gasteiger partial charge is 0.496 e. The first kappa shape index (κ1) is 20.9. The van der Waals surface area contributed by atoms with Gasteiger partial charge in [-0.3, -0.25) is 14.7 Å². The molecule has 0 saturated heterocycles. The molecule has 9 heteroatoms. The Balaban J connectivity index is 1.64. The number of ether oxygens (including phenoxy) is 1. The van der Waals surface area contributed by atoms with E-state index in [0.717, 1.165) is 31.2 Å². The zero-order chi connectivity index (χ0) is 20.6. The molecule has 0 spiro atoms. The van der Waals surface area contributed by atoms with E-state index in [2.05, 4.69) is 27.4 Å². The van der Waals surface area contributed by atoms with Gasteiger partial charge in [0.2, 0.25) is 5.91 Å². The minimum Gasteiger partial charge on any atom is -0.496 e. The molecule has 2 aromatic rings. The summed E-state index contributed by atoms with van der Waals surface area (Å²) >= 11 is 1.22. The smallest absolute Gasteiger partial charge is 0.321 e. The quantitative estimate of drug-likeness (QED) is 0.508. The van der Waals surface area contributed by atoms with Crippen molar-refractivity contribution in [1.82, 2.24) is 25.4 Å². The molecule has 1 saturated carbocycles. The van der Waals surface area contributed by atoms with Gasteiger partial charge in [-0.25, -0.2) is 4.79 Å². The summed E-state index contributed by atoms with van der Waals surface area (Å²) in [6, 6.07) is 7.25. The Kier molecular flexibility index (Phi) is 7.29. The van der Waals surface area contributed by atoms with E-state index in [-0.39, 0.29) is 17.7 Å². The first-order chi connectivity index (χ1) is 14.1. The van der Waals surface area contributed by atoms with Crippen LogP contribution in [-0.2, 0) is 11.3 Å². The van der Waals surface area contributed by atoms with Crippen LogP contribution in [0.25, 0.3) is 11.4 Å². The van der Waals surface area contributed by atoms with E-state index >= 15 is 0 Å². The molecule has 8 nitrogen and oxygen atoms in total. The third-order valence-electron chi connectivity index (χ3n) is 4.65. The van der Waals surface area contributed by atoms with Crippen molar-refractivity contribution in [2.75, 3.05) is 12.9 Å². The molecule has 1 aliphatic carbocycles. The molecule has 1 fully saturated rings. The molecule has 0 unspecified atom stereocenters. The molecule has 0 atom stereocenters. The number of thioether (sulfide) groups is 1. The number of nitrogens with one attached hydrogen (secondary N) is 2. The lowest BCUT2D eigenvalue weighted by Gasteiger charge is -2.12. The van der Waals surface area contributed by atoms with Gasteiger partial charge < -0.3 is 10.1 Å². The summed E-state index contributed by atoms with van der Waals surface area (Å²) in [5, 5.41) is 14.3. The Morgan fingerprint density at radius 3 is 2.79 bits per heavy atom. The number of aromatic nitrogens is 3. The number of carbonyl (C=O) groups excluding carboxylic acids is 2. The second-order valence-corrected chi connectivity index (χ2v) is 7.64. The lowest BCUT2D eigenvalue weighted by Crippen LogP contribution is -2.44. The summed E-state index contributed by atoms with van der Waals surface area (Å²) in [6.45, 7) is 4.27. The van der Waals surface area contributed by atoms with Crippen LogP contribution in [0.5, 0.6) is 5.75 Å². The van der Waals surface area contributed by atoms with Crippen LogP contribution in [0.4, 0.5) is 4.79 Å². The van der Waals surface area contributed by atoms with Crippen molar-refractivity contribution < 1.29 is 14.3 Å². The topological polar surface area (TPSA) is 98.1 Å². The molecule has 0 radical (unpaired) electrons. The normalized spacial score (nSPS) is 13.8. The number of carbonyl (C=O) groups is 2. The fourth-order valence-corrected chi connectivity index (χ4v) is 4.05. The highest BCUT2D eigenvalue weighted by Gasteiger charge is 2.20. The van der Waals surface area contributed by atoms with Crippen LogP contribution < -0.4 is 15.4 Å². The number of benzene rings is 1. The average Bonchev–Trinajstić information content (AvgIpc) is 3.36. The molecule has 154 valence electrons. The second kappa shape index (κ2) is 10.1. The summed E-state index contributed by atoms with van der Waals surface area (Å²) in [6.07, 6.45) is 5.89. The van der Waals surface area contributed by atoms with Crippen LogP contribution in [0, 0.1) is 0 Å². The third kappa shape index (κ3) is 5.38. The van der Waals surface area contributed by atoms with Crippen molar-refractivity contribution in [1.29, 1.82) is 0 Å². The number of imide groups is 1. The van der Waals surface area contributed by atoms with E-state index in [0.29, 0.717) is 23.3 Å². The van der Waals surface area contributed by atoms with E-state index in [4.69, 9.17) is 4.74 Å². The fourth-order valence-electron chi connectivity index (χ4n) is 3.30. The molecule has 1 heterocycles. The molecule has 3 rings (SSSR count). The summed E-state index contributed by atoms with van der Waals surface area (Å²) in [4.78, 5) is 24.1. The van der Waals surface area contributed by atoms with Gasteiger partial charge in [0.15, 0.2) is 11.0 Å². The van der Waals surface area contributed by atoms with E-state index in [1.807, 2.05) is 28.8 Å². The number of nitrogens with zero attached hydrogens (tertiary/aromatic N) is 3. The van der Waals surface area contributed by atoms with Crippen molar-refractivity contribution in [2.45, 2.75) is 43.4 Å². The predicted molar refractivity (Wildman–Crippen MR) is 112 cm³/mol. The minimum atomic E-state index is -0.440. The Morgan fingerprint density at radius 2 is 2.07 bits per heavy atom. The van der Waals surface area contributed by atoms with Crippen LogP contribution >= 0.6 is 11.8 Å². The molecule has 1 aliphatic rings. The second-order valence-electron chi connectivity index (χ2n) is 6.70. The fraction of sp³-hybridized carbons (Fsp3) is 0.400. The van der Waals surface area contributed by atoms with Gasteiger partial charge in [-0.15, -0.1) is 16.8 Å². The molecule has 0 bridgehead atoms. The Hall–Kier alpha value is -2.81. The zero-order valence-corrected chi connectivity index (χ0v) is 17.2. The van der Waals surface area contributed by atoms with Crippen LogP contribution in [0.3, 0.4) is 0 Å². The van der Waals surface area contributed by atoms with Crippen LogP contribution in [0.15, 0.2) is 42.1 Å². The van der Waals surface area contributed by atoms with Crippen LogP contribution in [0.2, 0.25) is 0 Å². The molecule has 1 aromatic carbocycles. The van der Waals surface area contributed by atoms with Gasteiger partial charge >= 0.3 is 6.03 Å². The van der Waals surface area contributed by atoms with Gasteiger partial charge in [0.1, 0.15) is 5.75 Å². The molecule has 3 amide bonds. The highest BCUT2D eigenvalue weighted by Crippen LogP contribution is 2.30. The van der Waals surface area contributed by atoms with E-state index < -0.39 is 6.03 Å². The number of allylic oxidation sites excluding steroid dienone is 1. The Labute approximate surface area is 174 Å². The molecule has 0 aliphatic heterocycles. The maximum atomic E-state index is 12.2. The maximum Gasteiger partial charge on any atom is 0.321 e. The first-order valence-corrected chi connectivity index (χ1v) is 10.5. The standard InChI is InChI=1S/C20H25N5O3S/c1-3-12-25-18(15-10-6-7-11-16(15)28-2)23-24-20(25)29-13-17(26)22-19(27)21-14-8-4-5-9-14/h3,6-7,10-11,14H,1,4-5,8-9,12-13H2,2H3,(H2,21,22,26,27). The van der Waals surface area contributed by atoms with Gasteiger partial charge in [0.05, 0.1) is 18.4 Å². The minimum absolute atomic E-state index is 0.0548. The molecule has 2 N–H and O–H groups in total. The van der Waals surface area contributed by atoms with Gasteiger partial charge in [0, 0.05) is 12.6 Å². The summed E-state index contributed by atoms with van der Waals surface area (Å²) in [7, 11) is 1.60. The number of hydrogen-bond acceptors (Lipinski definition) is 6. The highest BCUT2D eigenvalue weighted by atomic mass is 32.2. The number of urea groups is 1. The lowest BCUT2D eigenvalue weighted by atomic mass is 10.2. The number of para-hydroxylation sites is 1. The molecule has 29 heavy (non-hydrogen) atoms. The summed E-state index contributed by atoms with van der Waals surface area (Å²) < 4.78 is 7.28. The molecular weight excluding hydrogens is 390 g/mol. The Morgan fingerprint density at radius 1 is 1.31 bits per heavy atom. The lowest BCUT2D eigenvalue weighted by molar-refractivity contribution is -0.117. The van der Waals surface area contributed by atoms with Gasteiger partial charge in [-0.2, -0.15) is 0 Å². The number of methoxy groups -OCH3 is 1. The van der Waals surface area contributed by atoms with E-state index in [1.165, 1.54) is 11.8 Å². The van der Waals surface area contributed by atoms with Gasteiger partial charge in [-0.1, -0.05) is 42.8 Å². The Bertz CT molecular complexity index is 877. The van der Waals surface area contributed by atoms with Gasteiger partial charge in [-0.05, 0) is 25.0 Å². The van der Waals surface area contributed by atoms with Crippen LogP contribution in [0.1, 0.15) is 25.7 Å². The van der Waals surface area contributed by atoms with E-state index in [1.54, 1.807) is 13.2 Å². The monoisotopic (exact) mass is 415 g/mol. The SMILES string of the molecule is C=CCn1c(SCC(=O)NC(=O)NC2CCCC2)nnc1-c1ccccc1OC. The number of hydrogen-bond donors (Lipinski definition) is 2. The van der Waals surface area contributed by atoms with Crippen molar-refractivity contribution >= 4 is 23.7 Å². The summed E-state index contributed by atoms with van der Waals surface area (Å²) in [5.74, 6) is 0.990. The van der Waals surface area contributed by atoms with Crippen molar-refractivity contribution in [3.8, 4) is 17.1 Å². The van der Waals surface area contributed by atoms with E-state index in [9.17, 15) is 9.59 Å². The average molecular weight is 416 g/mol. The summed E-state index contributed by atoms with van der Waals surface area (Å²) in [5.41, 5.74) is 0.802. The first-order valence-electron chi connectivity index (χ1n) is 9.53. The predicted octanol–water partition coefficient (Wildman–Crippen LogP) is 3.00. The highest BCUT2D eigenvalue weighted by molar-refractivity contribution is 7.99. The van der Waals surface area contributed by atoms with Crippen molar-refractivity contribution in [3.63, 3.8) is 0 Å². The van der Waals surface area contributed by atoms with Gasteiger partial charge in [0.25, 0.3) is 0 Å².